The van der Waals surface area contributed by atoms with Crippen LogP contribution in [0.3, 0.4) is 0 Å². The van der Waals surface area contributed by atoms with Crippen LogP contribution in [0.15, 0.2) is 24.3 Å². The highest BCUT2D eigenvalue weighted by molar-refractivity contribution is 5.28. The number of ether oxygens (including phenoxy) is 2. The Hall–Kier alpha value is -1.10. The summed E-state index contributed by atoms with van der Waals surface area (Å²) in [6, 6.07) is 9.26. The second-order valence-electron chi connectivity index (χ2n) is 7.23. The number of benzene rings is 1. The van der Waals surface area contributed by atoms with E-state index in [2.05, 4.69) is 36.9 Å². The predicted octanol–water partition coefficient (Wildman–Crippen LogP) is 1.35. The standard InChI is InChI=1S/C19H30N2O2/c1-15-12-21(13-16(2)23-15)18-7-9-20(10-8-18)14-17-5-4-6-19(11-17)22-3/h4-6,11,15-16,18H,7-10,12-14H2,1-3H3/p+1. The molecule has 0 bridgehead atoms. The number of nitrogens with zero attached hydrogens (tertiary/aromatic N) is 1. The molecule has 0 spiro atoms. The zero-order valence-electron chi connectivity index (χ0n) is 14.8. The van der Waals surface area contributed by atoms with Crippen molar-refractivity contribution in [3.05, 3.63) is 29.8 Å². The molecule has 2 saturated heterocycles. The first-order valence-corrected chi connectivity index (χ1v) is 8.99. The van der Waals surface area contributed by atoms with Gasteiger partial charge in [0.1, 0.15) is 31.0 Å². The molecule has 1 N–H and O–H groups in total. The molecule has 23 heavy (non-hydrogen) atoms. The fraction of sp³-hybridized carbons (Fsp3) is 0.684. The van der Waals surface area contributed by atoms with Gasteiger partial charge in [-0.2, -0.15) is 0 Å². The van der Waals surface area contributed by atoms with Crippen LogP contribution in [0.1, 0.15) is 32.3 Å². The van der Waals surface area contributed by atoms with Crippen LogP contribution >= 0.6 is 0 Å². The molecule has 2 heterocycles. The summed E-state index contributed by atoms with van der Waals surface area (Å²) in [6.45, 7) is 10.2. The summed E-state index contributed by atoms with van der Waals surface area (Å²) >= 11 is 0. The van der Waals surface area contributed by atoms with Gasteiger partial charge in [0, 0.05) is 32.5 Å². The number of hydrogen-bond acceptors (Lipinski definition) is 3. The normalized spacial score (nSPS) is 30.3. The van der Waals surface area contributed by atoms with E-state index in [0.717, 1.165) is 18.3 Å². The first kappa shape index (κ1) is 16.7. The summed E-state index contributed by atoms with van der Waals surface area (Å²) in [5.74, 6) is 0.957. The number of hydrogen-bond donors (Lipinski definition) is 1. The molecule has 2 unspecified atom stereocenters. The van der Waals surface area contributed by atoms with Crippen molar-refractivity contribution in [2.45, 2.75) is 51.5 Å². The lowest BCUT2D eigenvalue weighted by molar-refractivity contribution is -0.940. The highest BCUT2D eigenvalue weighted by Gasteiger charge is 2.33. The third-order valence-corrected chi connectivity index (χ3v) is 5.27. The van der Waals surface area contributed by atoms with Gasteiger partial charge in [0.2, 0.25) is 0 Å². The molecule has 0 radical (unpaired) electrons. The molecule has 0 saturated carbocycles. The SMILES string of the molecule is COc1cccc(CN2CCC([NH+]3CC(C)OC(C)C3)CC2)c1. The van der Waals surface area contributed by atoms with Crippen molar-refractivity contribution < 1.29 is 14.4 Å². The van der Waals surface area contributed by atoms with Gasteiger partial charge in [-0.05, 0) is 31.5 Å². The molecule has 128 valence electrons. The van der Waals surface area contributed by atoms with E-state index < -0.39 is 0 Å². The fourth-order valence-electron chi connectivity index (χ4n) is 4.18. The number of piperidine rings is 1. The Balaban J connectivity index is 1.50. The van der Waals surface area contributed by atoms with E-state index in [4.69, 9.17) is 9.47 Å². The minimum Gasteiger partial charge on any atom is -0.497 e. The lowest BCUT2D eigenvalue weighted by atomic mass is 10.0. The maximum atomic E-state index is 5.89. The molecule has 0 aromatic heterocycles. The first-order chi connectivity index (χ1) is 11.1. The van der Waals surface area contributed by atoms with Crippen LogP contribution < -0.4 is 9.64 Å². The van der Waals surface area contributed by atoms with Crippen molar-refractivity contribution in [1.29, 1.82) is 0 Å². The summed E-state index contributed by atoms with van der Waals surface area (Å²) in [5, 5.41) is 0. The highest BCUT2D eigenvalue weighted by Crippen LogP contribution is 2.17. The van der Waals surface area contributed by atoms with E-state index in [-0.39, 0.29) is 0 Å². The summed E-state index contributed by atoms with van der Waals surface area (Å²) in [5.41, 5.74) is 1.35. The molecule has 2 atom stereocenters. The van der Waals surface area contributed by atoms with E-state index in [9.17, 15) is 0 Å². The van der Waals surface area contributed by atoms with Crippen molar-refractivity contribution in [3.8, 4) is 5.75 Å². The maximum Gasteiger partial charge on any atom is 0.119 e. The van der Waals surface area contributed by atoms with Gasteiger partial charge in [-0.1, -0.05) is 12.1 Å². The van der Waals surface area contributed by atoms with Crippen LogP contribution in [-0.2, 0) is 11.3 Å². The number of morpholine rings is 1. The molecule has 2 aliphatic heterocycles. The lowest BCUT2D eigenvalue weighted by Crippen LogP contribution is -3.19. The molecular weight excluding hydrogens is 288 g/mol. The van der Waals surface area contributed by atoms with Crippen LogP contribution in [0.5, 0.6) is 5.75 Å². The maximum absolute atomic E-state index is 5.89. The Labute approximate surface area is 140 Å². The topological polar surface area (TPSA) is 26.1 Å². The van der Waals surface area contributed by atoms with Crippen molar-refractivity contribution in [1.82, 2.24) is 4.90 Å². The molecular formula is C19H31N2O2+. The molecule has 1 aromatic carbocycles. The van der Waals surface area contributed by atoms with Gasteiger partial charge in [-0.3, -0.25) is 4.90 Å². The number of rotatable bonds is 4. The first-order valence-electron chi connectivity index (χ1n) is 8.99. The van der Waals surface area contributed by atoms with Crippen molar-refractivity contribution in [3.63, 3.8) is 0 Å². The van der Waals surface area contributed by atoms with Gasteiger partial charge in [0.05, 0.1) is 13.2 Å². The van der Waals surface area contributed by atoms with E-state index in [1.54, 1.807) is 12.0 Å². The fourth-order valence-corrected chi connectivity index (χ4v) is 4.18. The molecule has 3 rings (SSSR count). The zero-order chi connectivity index (χ0) is 16.2. The van der Waals surface area contributed by atoms with E-state index in [0.29, 0.717) is 12.2 Å². The molecule has 1 aromatic rings. The third-order valence-electron chi connectivity index (χ3n) is 5.27. The Kier molecular flexibility index (Phi) is 5.57. The summed E-state index contributed by atoms with van der Waals surface area (Å²) in [7, 11) is 1.73. The number of quaternary nitrogens is 1. The van der Waals surface area contributed by atoms with Gasteiger partial charge in [-0.15, -0.1) is 0 Å². The monoisotopic (exact) mass is 319 g/mol. The zero-order valence-corrected chi connectivity index (χ0v) is 14.8. The predicted molar refractivity (Wildman–Crippen MR) is 92.0 cm³/mol. The average molecular weight is 319 g/mol. The van der Waals surface area contributed by atoms with Crippen LogP contribution in [-0.4, -0.2) is 56.4 Å². The van der Waals surface area contributed by atoms with Crippen LogP contribution in [0.4, 0.5) is 0 Å². The molecule has 0 amide bonds. The van der Waals surface area contributed by atoms with Crippen molar-refractivity contribution >= 4 is 0 Å². The Bertz CT molecular complexity index is 490. The second kappa shape index (κ2) is 7.65. The van der Waals surface area contributed by atoms with Gasteiger partial charge >= 0.3 is 0 Å². The highest BCUT2D eigenvalue weighted by atomic mass is 16.5. The van der Waals surface area contributed by atoms with Crippen LogP contribution in [0, 0.1) is 0 Å². The Morgan fingerprint density at radius 1 is 1.17 bits per heavy atom. The Morgan fingerprint density at radius 2 is 1.87 bits per heavy atom. The summed E-state index contributed by atoms with van der Waals surface area (Å²) < 4.78 is 11.2. The van der Waals surface area contributed by atoms with Crippen molar-refractivity contribution in [2.24, 2.45) is 0 Å². The average Bonchev–Trinajstić information content (AvgIpc) is 2.55. The largest absolute Gasteiger partial charge is 0.497 e. The van der Waals surface area contributed by atoms with Gasteiger partial charge in [0.25, 0.3) is 0 Å². The quantitative estimate of drug-likeness (QED) is 0.907. The Morgan fingerprint density at radius 3 is 2.52 bits per heavy atom. The van der Waals surface area contributed by atoms with Gasteiger partial charge in [0.15, 0.2) is 0 Å². The van der Waals surface area contributed by atoms with E-state index in [1.165, 1.54) is 44.6 Å². The van der Waals surface area contributed by atoms with Crippen LogP contribution in [0.25, 0.3) is 0 Å². The number of methoxy groups -OCH3 is 1. The number of likely N-dealkylation sites (tertiary alicyclic amines) is 1. The molecule has 2 fully saturated rings. The molecule has 4 nitrogen and oxygen atoms in total. The van der Waals surface area contributed by atoms with Gasteiger partial charge in [-0.25, -0.2) is 0 Å². The summed E-state index contributed by atoms with van der Waals surface area (Å²) in [4.78, 5) is 4.34. The minimum atomic E-state index is 0.406. The second-order valence-corrected chi connectivity index (χ2v) is 7.23. The minimum absolute atomic E-state index is 0.406. The van der Waals surface area contributed by atoms with Gasteiger partial charge < -0.3 is 14.4 Å². The number of nitrogens with one attached hydrogen (secondary N) is 1. The van der Waals surface area contributed by atoms with Crippen LogP contribution in [0.2, 0.25) is 0 Å². The van der Waals surface area contributed by atoms with Crippen molar-refractivity contribution in [2.75, 3.05) is 33.3 Å². The molecule has 4 heteroatoms. The van der Waals surface area contributed by atoms with E-state index in [1.807, 2.05) is 6.07 Å². The smallest absolute Gasteiger partial charge is 0.119 e. The molecule has 2 aliphatic rings. The molecule has 0 aliphatic carbocycles. The van der Waals surface area contributed by atoms with E-state index >= 15 is 0 Å². The third kappa shape index (κ3) is 4.46. The lowest BCUT2D eigenvalue weighted by Gasteiger charge is -2.41. The summed E-state index contributed by atoms with van der Waals surface area (Å²) in [6.07, 6.45) is 3.42.